The van der Waals surface area contributed by atoms with Gasteiger partial charge in [-0.2, -0.15) is 0 Å². The number of halogens is 3. The minimum atomic E-state index is -4.01. The maximum absolute atomic E-state index is 12.9. The molecule has 0 radical (unpaired) electrons. The van der Waals surface area contributed by atoms with Crippen LogP contribution in [0.3, 0.4) is 0 Å². The molecule has 0 fully saturated rings. The summed E-state index contributed by atoms with van der Waals surface area (Å²) in [5.41, 5.74) is 0. The van der Waals surface area contributed by atoms with E-state index in [4.69, 9.17) is 27.0 Å². The van der Waals surface area contributed by atoms with Crippen molar-refractivity contribution in [3.05, 3.63) is 47.4 Å². The van der Waals surface area contributed by atoms with Crippen molar-refractivity contribution in [1.82, 2.24) is 4.98 Å². The summed E-state index contributed by atoms with van der Waals surface area (Å²) in [5, 5.41) is -0.0106. The highest BCUT2D eigenvalue weighted by molar-refractivity contribution is 8.13. The molecule has 0 aliphatic rings. The lowest BCUT2D eigenvalue weighted by molar-refractivity contribution is 0.446. The third kappa shape index (κ3) is 3.34. The van der Waals surface area contributed by atoms with Crippen LogP contribution in [-0.2, 0) is 9.05 Å². The Labute approximate surface area is 118 Å². The van der Waals surface area contributed by atoms with Crippen LogP contribution in [0.1, 0.15) is 0 Å². The Hall–Kier alpha value is -1.37. The molecule has 1 aromatic carbocycles. The molecule has 19 heavy (non-hydrogen) atoms. The fourth-order valence-corrected chi connectivity index (χ4v) is 2.40. The molecule has 1 aromatic heterocycles. The topological polar surface area (TPSA) is 56.3 Å². The Morgan fingerprint density at radius 2 is 2.00 bits per heavy atom. The SMILES string of the molecule is O=S(=O)(Cl)c1cccnc1Oc1ccc(F)cc1Cl. The van der Waals surface area contributed by atoms with Crippen molar-refractivity contribution in [2.24, 2.45) is 0 Å². The lowest BCUT2D eigenvalue weighted by Crippen LogP contribution is -1.98. The van der Waals surface area contributed by atoms with Crippen LogP contribution in [0, 0.1) is 5.82 Å². The van der Waals surface area contributed by atoms with Crippen LogP contribution in [0.4, 0.5) is 4.39 Å². The first-order chi connectivity index (χ1) is 8.88. The van der Waals surface area contributed by atoms with Crippen LogP contribution in [-0.4, -0.2) is 13.4 Å². The average molecular weight is 322 g/mol. The van der Waals surface area contributed by atoms with Crippen molar-refractivity contribution in [3.63, 3.8) is 0 Å². The van der Waals surface area contributed by atoms with E-state index in [2.05, 4.69) is 4.98 Å². The fraction of sp³-hybridized carbons (Fsp3) is 0. The third-order valence-electron chi connectivity index (χ3n) is 2.10. The van der Waals surface area contributed by atoms with Crippen LogP contribution >= 0.6 is 22.3 Å². The summed E-state index contributed by atoms with van der Waals surface area (Å²) in [7, 11) is 1.25. The van der Waals surface area contributed by atoms with Crippen molar-refractivity contribution in [3.8, 4) is 11.6 Å². The number of hydrogen-bond donors (Lipinski definition) is 0. The summed E-state index contributed by atoms with van der Waals surface area (Å²) in [6.45, 7) is 0. The smallest absolute Gasteiger partial charge is 0.266 e. The third-order valence-corrected chi connectivity index (χ3v) is 3.73. The van der Waals surface area contributed by atoms with E-state index in [1.54, 1.807) is 0 Å². The van der Waals surface area contributed by atoms with Crippen LogP contribution < -0.4 is 4.74 Å². The van der Waals surface area contributed by atoms with Crippen LogP contribution in [0.5, 0.6) is 11.6 Å². The molecule has 8 heteroatoms. The highest BCUT2D eigenvalue weighted by Gasteiger charge is 2.19. The van der Waals surface area contributed by atoms with Gasteiger partial charge in [0.25, 0.3) is 9.05 Å². The van der Waals surface area contributed by atoms with Gasteiger partial charge in [-0.05, 0) is 30.3 Å². The first-order valence-corrected chi connectivity index (χ1v) is 7.59. The molecule has 100 valence electrons. The molecule has 0 unspecified atom stereocenters. The van der Waals surface area contributed by atoms with E-state index in [-0.39, 0.29) is 21.5 Å². The van der Waals surface area contributed by atoms with E-state index >= 15 is 0 Å². The number of nitrogens with zero attached hydrogens (tertiary/aromatic N) is 1. The van der Waals surface area contributed by atoms with Crippen molar-refractivity contribution < 1.29 is 17.5 Å². The van der Waals surface area contributed by atoms with E-state index in [1.165, 1.54) is 24.4 Å². The number of ether oxygens (including phenoxy) is 1. The van der Waals surface area contributed by atoms with Crippen molar-refractivity contribution in [2.45, 2.75) is 4.90 Å². The monoisotopic (exact) mass is 321 g/mol. The zero-order valence-electron chi connectivity index (χ0n) is 9.18. The van der Waals surface area contributed by atoms with Gasteiger partial charge < -0.3 is 4.74 Å². The zero-order valence-corrected chi connectivity index (χ0v) is 11.5. The Morgan fingerprint density at radius 1 is 1.26 bits per heavy atom. The summed E-state index contributed by atoms with van der Waals surface area (Å²) >= 11 is 5.77. The van der Waals surface area contributed by atoms with Gasteiger partial charge in [-0.3, -0.25) is 0 Å². The quantitative estimate of drug-likeness (QED) is 0.810. The number of pyridine rings is 1. The number of benzene rings is 1. The maximum Gasteiger partial charge on any atom is 0.266 e. The maximum atomic E-state index is 12.9. The van der Waals surface area contributed by atoms with Gasteiger partial charge in [0.15, 0.2) is 0 Å². The largest absolute Gasteiger partial charge is 0.436 e. The van der Waals surface area contributed by atoms with Crippen LogP contribution in [0.25, 0.3) is 0 Å². The summed E-state index contributed by atoms with van der Waals surface area (Å²) in [5.74, 6) is -0.696. The predicted molar refractivity (Wildman–Crippen MR) is 68.8 cm³/mol. The van der Waals surface area contributed by atoms with E-state index in [9.17, 15) is 12.8 Å². The second kappa shape index (κ2) is 5.32. The summed E-state index contributed by atoms with van der Waals surface area (Å²) < 4.78 is 40.8. The van der Waals surface area contributed by atoms with Crippen LogP contribution in [0.2, 0.25) is 5.02 Å². The molecule has 4 nitrogen and oxygen atoms in total. The lowest BCUT2D eigenvalue weighted by atomic mass is 10.3. The molecule has 0 aliphatic heterocycles. The molecule has 0 atom stereocenters. The Balaban J connectivity index is 2.44. The second-order valence-electron chi connectivity index (χ2n) is 3.42. The molecular formula is C11H6Cl2FNO3S. The molecule has 0 saturated carbocycles. The molecule has 0 spiro atoms. The van der Waals surface area contributed by atoms with E-state index in [0.29, 0.717) is 0 Å². The fourth-order valence-electron chi connectivity index (χ4n) is 1.30. The summed E-state index contributed by atoms with van der Waals surface area (Å²) in [6, 6.07) is 6.06. The molecule has 0 saturated heterocycles. The average Bonchev–Trinajstić information content (AvgIpc) is 2.32. The number of rotatable bonds is 3. The summed E-state index contributed by atoms with van der Waals surface area (Å²) in [6.07, 6.45) is 1.33. The molecule has 0 amide bonds. The van der Waals surface area contributed by atoms with Gasteiger partial charge in [0.05, 0.1) is 5.02 Å². The standard InChI is InChI=1S/C11H6Cl2FNO3S/c12-8-6-7(14)3-4-9(8)18-11-10(19(13,16)17)2-1-5-15-11/h1-6H. The van der Waals surface area contributed by atoms with Crippen molar-refractivity contribution in [2.75, 3.05) is 0 Å². The Bertz CT molecular complexity index is 722. The molecule has 0 N–H and O–H groups in total. The minimum absolute atomic E-state index is 0.0106. The molecule has 0 bridgehead atoms. The first-order valence-electron chi connectivity index (χ1n) is 4.90. The second-order valence-corrected chi connectivity index (χ2v) is 6.36. The highest BCUT2D eigenvalue weighted by atomic mass is 35.7. The van der Waals surface area contributed by atoms with Crippen molar-refractivity contribution in [1.29, 1.82) is 0 Å². The minimum Gasteiger partial charge on any atom is -0.436 e. The normalized spacial score (nSPS) is 11.3. The van der Waals surface area contributed by atoms with Gasteiger partial charge in [0.1, 0.15) is 16.5 Å². The van der Waals surface area contributed by atoms with E-state index in [1.807, 2.05) is 0 Å². The van der Waals surface area contributed by atoms with Gasteiger partial charge in [-0.15, -0.1) is 0 Å². The molecule has 0 aliphatic carbocycles. The Morgan fingerprint density at radius 3 is 2.63 bits per heavy atom. The summed E-state index contributed by atoms with van der Waals surface area (Å²) in [4.78, 5) is 3.47. The van der Waals surface area contributed by atoms with Crippen LogP contribution in [0.15, 0.2) is 41.4 Å². The number of hydrogen-bond acceptors (Lipinski definition) is 4. The van der Waals surface area contributed by atoms with Gasteiger partial charge in [-0.25, -0.2) is 17.8 Å². The molecule has 2 rings (SSSR count). The van der Waals surface area contributed by atoms with Gasteiger partial charge in [0.2, 0.25) is 5.88 Å². The van der Waals surface area contributed by atoms with E-state index < -0.39 is 14.9 Å². The number of aromatic nitrogens is 1. The Kier molecular flexibility index (Phi) is 3.93. The van der Waals surface area contributed by atoms with Gasteiger partial charge in [-0.1, -0.05) is 11.6 Å². The van der Waals surface area contributed by atoms with Gasteiger partial charge in [0, 0.05) is 16.9 Å². The zero-order chi connectivity index (χ0) is 14.0. The highest BCUT2D eigenvalue weighted by Crippen LogP contribution is 2.32. The van der Waals surface area contributed by atoms with E-state index in [0.717, 1.165) is 12.1 Å². The van der Waals surface area contributed by atoms with Gasteiger partial charge >= 0.3 is 0 Å². The lowest BCUT2D eigenvalue weighted by Gasteiger charge is -2.08. The molecular weight excluding hydrogens is 316 g/mol. The predicted octanol–water partition coefficient (Wildman–Crippen LogP) is 3.59. The molecule has 2 aromatic rings. The van der Waals surface area contributed by atoms with Crippen molar-refractivity contribution >= 4 is 31.3 Å². The first kappa shape index (κ1) is 14.0. The molecule has 1 heterocycles.